The Morgan fingerprint density at radius 2 is 1.81 bits per heavy atom. The van der Waals surface area contributed by atoms with Gasteiger partial charge in [-0.1, -0.05) is 54.4 Å². The quantitative estimate of drug-likeness (QED) is 0.496. The van der Waals surface area contributed by atoms with E-state index in [0.717, 1.165) is 0 Å². The molecule has 194 valence electrons. The molecule has 11 heteroatoms. The zero-order valence-electron chi connectivity index (χ0n) is 19.5. The van der Waals surface area contributed by atoms with Gasteiger partial charge in [-0.2, -0.15) is 0 Å². The van der Waals surface area contributed by atoms with E-state index in [1.165, 1.54) is 4.90 Å². The summed E-state index contributed by atoms with van der Waals surface area (Å²) in [5.74, 6) is -2.03. The SMILES string of the molecule is CC[C@@H](CS(=O)(=O)C1COC1)N1C(=O)[C@H](CC(=O)O)O[C@H](c2cccc(Cl)c2)C1c1ccc(Cl)cc1. The average molecular weight is 556 g/mol. The molecule has 2 fully saturated rings. The second kappa shape index (κ2) is 11.1. The summed E-state index contributed by atoms with van der Waals surface area (Å²) < 4.78 is 37.4. The molecule has 2 aliphatic heterocycles. The van der Waals surface area contributed by atoms with E-state index in [0.29, 0.717) is 27.6 Å². The number of amides is 1. The van der Waals surface area contributed by atoms with Crippen LogP contribution < -0.4 is 0 Å². The van der Waals surface area contributed by atoms with Gasteiger partial charge in [0.25, 0.3) is 5.91 Å². The van der Waals surface area contributed by atoms with Crippen molar-refractivity contribution in [3.63, 3.8) is 0 Å². The number of halogens is 2. The molecule has 8 nitrogen and oxygen atoms in total. The summed E-state index contributed by atoms with van der Waals surface area (Å²) in [6.45, 7) is 2.06. The van der Waals surface area contributed by atoms with Gasteiger partial charge >= 0.3 is 5.97 Å². The van der Waals surface area contributed by atoms with Crippen molar-refractivity contribution in [2.75, 3.05) is 19.0 Å². The van der Waals surface area contributed by atoms with Gasteiger partial charge in [-0.05, 0) is 41.8 Å². The standard InChI is InChI=1S/C25H27Cl2NO7S/c1-2-19(14-36(32,33)20-12-34-13-20)28-23(15-6-8-17(26)9-7-15)24(16-4-3-5-18(27)10-16)35-21(25(28)31)11-22(29)30/h3-10,19-21,23-24H,2,11-14H2,1H3,(H,29,30)/t19-,21-,23?,24+/m0/s1. The Balaban J connectivity index is 1.83. The summed E-state index contributed by atoms with van der Waals surface area (Å²) in [7, 11) is -3.57. The van der Waals surface area contributed by atoms with Crippen LogP contribution in [0.4, 0.5) is 0 Å². The molecule has 2 saturated heterocycles. The fourth-order valence-electron chi connectivity index (χ4n) is 4.62. The fraction of sp³-hybridized carbons (Fsp3) is 0.440. The molecule has 2 heterocycles. The number of carbonyl (C=O) groups excluding carboxylic acids is 1. The molecule has 4 atom stereocenters. The number of aliphatic carboxylic acids is 1. The second-order valence-electron chi connectivity index (χ2n) is 8.99. The Hall–Kier alpha value is -2.17. The van der Waals surface area contributed by atoms with Crippen LogP contribution in [0.3, 0.4) is 0 Å². The van der Waals surface area contributed by atoms with Gasteiger partial charge in [-0.15, -0.1) is 0 Å². The largest absolute Gasteiger partial charge is 0.481 e. The molecule has 2 aromatic rings. The van der Waals surface area contributed by atoms with Gasteiger partial charge in [0.1, 0.15) is 17.5 Å². The lowest BCUT2D eigenvalue weighted by molar-refractivity contribution is -0.182. The first-order chi connectivity index (χ1) is 17.1. The first-order valence-corrected chi connectivity index (χ1v) is 14.1. The molecule has 0 bridgehead atoms. The van der Waals surface area contributed by atoms with Crippen LogP contribution in [0.2, 0.25) is 10.0 Å². The average Bonchev–Trinajstić information content (AvgIpc) is 2.77. The number of hydrogen-bond donors (Lipinski definition) is 1. The van der Waals surface area contributed by atoms with Gasteiger partial charge in [0, 0.05) is 16.1 Å². The van der Waals surface area contributed by atoms with Crippen LogP contribution in [0.15, 0.2) is 48.5 Å². The third-order valence-corrected chi connectivity index (χ3v) is 9.21. The summed E-state index contributed by atoms with van der Waals surface area (Å²) in [4.78, 5) is 26.9. The maximum atomic E-state index is 13.8. The van der Waals surface area contributed by atoms with Crippen LogP contribution in [0.1, 0.15) is 43.0 Å². The third-order valence-electron chi connectivity index (χ3n) is 6.58. The monoisotopic (exact) mass is 555 g/mol. The molecule has 1 amide bonds. The molecule has 0 aromatic heterocycles. The van der Waals surface area contributed by atoms with Gasteiger partial charge in [0.05, 0.1) is 31.4 Å². The maximum Gasteiger partial charge on any atom is 0.306 e. The first kappa shape index (κ1) is 26.9. The molecular weight excluding hydrogens is 529 g/mol. The lowest BCUT2D eigenvalue weighted by Crippen LogP contribution is -2.57. The highest BCUT2D eigenvalue weighted by Gasteiger charge is 2.48. The minimum atomic E-state index is -3.57. The normalized spacial score (nSPS) is 23.8. The Bertz CT molecular complexity index is 1220. The molecule has 2 aliphatic rings. The molecule has 0 saturated carbocycles. The van der Waals surface area contributed by atoms with Crippen molar-refractivity contribution in [1.29, 1.82) is 0 Å². The van der Waals surface area contributed by atoms with E-state index in [-0.39, 0.29) is 19.0 Å². The van der Waals surface area contributed by atoms with Gasteiger partial charge in [0.15, 0.2) is 9.84 Å². The van der Waals surface area contributed by atoms with Crippen molar-refractivity contribution < 1.29 is 32.6 Å². The minimum absolute atomic E-state index is 0.128. The van der Waals surface area contributed by atoms with Gasteiger partial charge in [0.2, 0.25) is 0 Å². The Labute approximate surface area is 220 Å². The molecule has 1 N–H and O–H groups in total. The molecule has 4 rings (SSSR count). The van der Waals surface area contributed by atoms with Crippen LogP contribution in [0, 0.1) is 0 Å². The highest BCUT2D eigenvalue weighted by Crippen LogP contribution is 2.45. The van der Waals surface area contributed by atoms with Crippen LogP contribution in [-0.4, -0.2) is 66.7 Å². The van der Waals surface area contributed by atoms with Crippen LogP contribution in [0.25, 0.3) is 0 Å². The van der Waals surface area contributed by atoms with Crippen LogP contribution in [0.5, 0.6) is 0 Å². The van der Waals surface area contributed by atoms with Gasteiger partial charge in [-0.25, -0.2) is 8.42 Å². The minimum Gasteiger partial charge on any atom is -0.481 e. The fourth-order valence-corrected chi connectivity index (χ4v) is 6.76. The number of carboxylic acids is 1. The van der Waals surface area contributed by atoms with Crippen molar-refractivity contribution in [3.05, 3.63) is 69.7 Å². The molecule has 0 aliphatic carbocycles. The predicted octanol–water partition coefficient (Wildman–Crippen LogP) is 4.07. The van der Waals surface area contributed by atoms with Crippen molar-refractivity contribution in [2.24, 2.45) is 0 Å². The number of carbonyl (C=O) groups is 2. The predicted molar refractivity (Wildman–Crippen MR) is 135 cm³/mol. The Morgan fingerprint density at radius 1 is 1.11 bits per heavy atom. The Morgan fingerprint density at radius 3 is 2.36 bits per heavy atom. The van der Waals surface area contributed by atoms with Crippen LogP contribution in [-0.2, 0) is 28.9 Å². The van der Waals surface area contributed by atoms with E-state index in [4.69, 9.17) is 32.7 Å². The van der Waals surface area contributed by atoms with Crippen LogP contribution >= 0.6 is 23.2 Å². The van der Waals surface area contributed by atoms with E-state index in [1.54, 1.807) is 55.5 Å². The van der Waals surface area contributed by atoms with E-state index in [1.807, 2.05) is 0 Å². The lowest BCUT2D eigenvalue weighted by atomic mass is 9.89. The zero-order chi connectivity index (χ0) is 26.0. The lowest BCUT2D eigenvalue weighted by Gasteiger charge is -2.48. The number of rotatable bonds is 9. The second-order valence-corrected chi connectivity index (χ2v) is 12.2. The topological polar surface area (TPSA) is 110 Å². The van der Waals surface area contributed by atoms with E-state index < -0.39 is 57.7 Å². The number of hydrogen-bond acceptors (Lipinski definition) is 6. The maximum absolute atomic E-state index is 13.8. The molecule has 0 radical (unpaired) electrons. The number of ether oxygens (including phenoxy) is 2. The summed E-state index contributed by atoms with van der Waals surface area (Å²) in [5, 5.41) is 9.81. The van der Waals surface area contributed by atoms with Gasteiger partial charge < -0.3 is 19.5 Å². The number of sulfone groups is 1. The molecule has 1 unspecified atom stereocenters. The molecule has 36 heavy (non-hydrogen) atoms. The molecule has 0 spiro atoms. The number of benzene rings is 2. The number of carboxylic acid groups (broad SMARTS) is 1. The van der Waals surface area contributed by atoms with E-state index in [2.05, 4.69) is 0 Å². The Kier molecular flexibility index (Phi) is 8.26. The van der Waals surface area contributed by atoms with Crippen molar-refractivity contribution >= 4 is 44.9 Å². The summed E-state index contributed by atoms with van der Waals surface area (Å²) in [6.07, 6.45) is -2.31. The first-order valence-electron chi connectivity index (χ1n) is 11.6. The molecular formula is C25H27Cl2NO7S. The third kappa shape index (κ3) is 5.70. The highest BCUT2D eigenvalue weighted by molar-refractivity contribution is 7.92. The van der Waals surface area contributed by atoms with Crippen molar-refractivity contribution in [3.8, 4) is 0 Å². The number of nitrogens with zero attached hydrogens (tertiary/aromatic N) is 1. The zero-order valence-corrected chi connectivity index (χ0v) is 21.9. The van der Waals surface area contributed by atoms with E-state index >= 15 is 0 Å². The summed E-state index contributed by atoms with van der Waals surface area (Å²) in [6, 6.07) is 12.3. The van der Waals surface area contributed by atoms with E-state index in [9.17, 15) is 23.1 Å². The van der Waals surface area contributed by atoms with Crippen molar-refractivity contribution in [2.45, 2.75) is 49.3 Å². The van der Waals surface area contributed by atoms with Gasteiger partial charge in [-0.3, -0.25) is 9.59 Å². The highest BCUT2D eigenvalue weighted by atomic mass is 35.5. The smallest absolute Gasteiger partial charge is 0.306 e. The molecule has 2 aromatic carbocycles. The summed E-state index contributed by atoms with van der Waals surface area (Å²) in [5.41, 5.74) is 1.31. The number of morpholine rings is 1. The summed E-state index contributed by atoms with van der Waals surface area (Å²) >= 11 is 12.4. The van der Waals surface area contributed by atoms with Crippen molar-refractivity contribution in [1.82, 2.24) is 4.90 Å².